The Morgan fingerprint density at radius 3 is 2.45 bits per heavy atom. The summed E-state index contributed by atoms with van der Waals surface area (Å²) in [5, 5.41) is 0.139. The second-order valence-electron chi connectivity index (χ2n) is 9.81. The minimum absolute atomic E-state index is 0.139. The van der Waals surface area contributed by atoms with E-state index in [0.717, 1.165) is 24.0 Å². The molecule has 1 aliphatic carbocycles. The van der Waals surface area contributed by atoms with Gasteiger partial charge >= 0.3 is 5.91 Å². The fourth-order valence-electron chi connectivity index (χ4n) is 3.64. The predicted molar refractivity (Wildman–Crippen MR) is 124 cm³/mol. The molecule has 0 atom stereocenters. The molecule has 1 saturated carbocycles. The summed E-state index contributed by atoms with van der Waals surface area (Å²) >= 11 is 0. The van der Waals surface area contributed by atoms with Crippen molar-refractivity contribution in [3.05, 3.63) is 59.1 Å². The van der Waals surface area contributed by atoms with Crippen molar-refractivity contribution >= 4 is 26.9 Å². The molecule has 0 spiro atoms. The lowest BCUT2D eigenvalue weighted by molar-refractivity contribution is 0.0956. The van der Waals surface area contributed by atoms with Crippen LogP contribution in [-0.2, 0) is 15.4 Å². The third kappa shape index (κ3) is 4.90. The molecule has 0 saturated heterocycles. The van der Waals surface area contributed by atoms with E-state index < -0.39 is 21.7 Å². The van der Waals surface area contributed by atoms with Crippen molar-refractivity contribution in [2.24, 2.45) is 0 Å². The molecule has 2 aromatic carbocycles. The maximum absolute atomic E-state index is 14.5. The normalized spacial score (nSPS) is 14.6. The molecule has 176 valence electrons. The highest BCUT2D eigenvalue weighted by molar-refractivity contribution is 7.90. The molecule has 1 heterocycles. The van der Waals surface area contributed by atoms with Crippen LogP contribution in [0.25, 0.3) is 11.0 Å². The Kier molecular flexibility index (Phi) is 5.76. The van der Waals surface area contributed by atoms with E-state index in [-0.39, 0.29) is 38.9 Å². The molecular weight excluding hydrogens is 445 g/mol. The zero-order valence-electron chi connectivity index (χ0n) is 19.4. The molecule has 1 fully saturated rings. The van der Waals surface area contributed by atoms with E-state index in [1.807, 2.05) is 25.5 Å². The maximum atomic E-state index is 14.5. The zero-order valence-corrected chi connectivity index (χ0v) is 20.2. The van der Waals surface area contributed by atoms with Crippen LogP contribution < -0.4 is 9.46 Å². The average Bonchev–Trinajstić information content (AvgIpc) is 3.45. The summed E-state index contributed by atoms with van der Waals surface area (Å²) in [6, 6.07) is 9.29. The van der Waals surface area contributed by atoms with Gasteiger partial charge in [0.1, 0.15) is 22.0 Å². The maximum Gasteiger partial charge on any atom is 0.300 e. The molecule has 1 amide bonds. The van der Waals surface area contributed by atoms with Gasteiger partial charge < -0.3 is 9.15 Å². The average molecular weight is 474 g/mol. The Morgan fingerprint density at radius 1 is 1.15 bits per heavy atom. The largest absolute Gasteiger partial charge is 0.490 e. The number of ether oxygens (including phenoxy) is 1. The van der Waals surface area contributed by atoms with Crippen LogP contribution >= 0.6 is 0 Å². The highest BCUT2D eigenvalue weighted by Crippen LogP contribution is 2.42. The van der Waals surface area contributed by atoms with Crippen molar-refractivity contribution in [1.29, 1.82) is 0 Å². The van der Waals surface area contributed by atoms with Gasteiger partial charge in [0, 0.05) is 6.07 Å². The van der Waals surface area contributed by atoms with Crippen molar-refractivity contribution in [1.82, 2.24) is 4.72 Å². The van der Waals surface area contributed by atoms with E-state index in [1.54, 1.807) is 32.0 Å². The Labute approximate surface area is 193 Å². The van der Waals surface area contributed by atoms with Crippen LogP contribution in [0.2, 0.25) is 0 Å². The fraction of sp³-hybridized carbons (Fsp3) is 0.400. The lowest BCUT2D eigenvalue weighted by atomic mass is 9.87. The summed E-state index contributed by atoms with van der Waals surface area (Å²) in [6.45, 7) is 9.44. The van der Waals surface area contributed by atoms with Crippen molar-refractivity contribution in [2.45, 2.75) is 69.8 Å². The molecule has 1 aliphatic rings. The number of carbonyl (C=O) groups excluding carboxylic acids is 1. The number of hydrogen-bond acceptors (Lipinski definition) is 5. The van der Waals surface area contributed by atoms with Gasteiger partial charge in [-0.25, -0.2) is 17.5 Å². The Balaban J connectivity index is 1.68. The minimum atomic E-state index is -4.30. The topological polar surface area (TPSA) is 85.6 Å². The first-order chi connectivity index (χ1) is 15.3. The quantitative estimate of drug-likeness (QED) is 0.500. The monoisotopic (exact) mass is 473 g/mol. The van der Waals surface area contributed by atoms with Crippen LogP contribution in [0.3, 0.4) is 0 Å². The SMILES string of the molecule is CC(C)Oc1ccc(C(C)(C)C)cc1S(=O)(=O)NC(=O)c1cc2c(F)cc(C3CC3)cc2o1. The molecule has 0 unspecified atom stereocenters. The number of benzene rings is 2. The first kappa shape index (κ1) is 23.3. The van der Waals surface area contributed by atoms with Gasteiger partial charge in [-0.05, 0) is 73.4 Å². The van der Waals surface area contributed by atoms with E-state index in [4.69, 9.17) is 9.15 Å². The van der Waals surface area contributed by atoms with Crippen LogP contribution in [0.5, 0.6) is 5.75 Å². The van der Waals surface area contributed by atoms with E-state index >= 15 is 0 Å². The van der Waals surface area contributed by atoms with Gasteiger partial charge in [0.15, 0.2) is 5.76 Å². The fourth-order valence-corrected chi connectivity index (χ4v) is 4.76. The second kappa shape index (κ2) is 8.17. The summed E-state index contributed by atoms with van der Waals surface area (Å²) in [5.41, 5.74) is 1.49. The number of carbonyl (C=O) groups is 1. The number of rotatable bonds is 6. The van der Waals surface area contributed by atoms with Crippen LogP contribution in [0.1, 0.15) is 75.1 Å². The van der Waals surface area contributed by atoms with Gasteiger partial charge in [-0.1, -0.05) is 26.8 Å². The van der Waals surface area contributed by atoms with Gasteiger partial charge in [-0.3, -0.25) is 4.79 Å². The van der Waals surface area contributed by atoms with Crippen molar-refractivity contribution < 1.29 is 26.8 Å². The van der Waals surface area contributed by atoms with Crippen LogP contribution in [0.15, 0.2) is 45.7 Å². The van der Waals surface area contributed by atoms with Crippen molar-refractivity contribution in [3.8, 4) is 5.75 Å². The molecule has 33 heavy (non-hydrogen) atoms. The van der Waals surface area contributed by atoms with Crippen LogP contribution in [-0.4, -0.2) is 20.4 Å². The molecular formula is C25H28FNO5S. The molecule has 8 heteroatoms. The van der Waals surface area contributed by atoms with Crippen LogP contribution in [0.4, 0.5) is 4.39 Å². The highest BCUT2D eigenvalue weighted by Gasteiger charge is 2.29. The van der Waals surface area contributed by atoms with Crippen LogP contribution in [0, 0.1) is 5.82 Å². The number of halogens is 1. The lowest BCUT2D eigenvalue weighted by Gasteiger charge is -2.22. The molecule has 0 bridgehead atoms. The summed E-state index contributed by atoms with van der Waals surface area (Å²) in [5.74, 6) is -1.30. The van der Waals surface area contributed by atoms with Crippen molar-refractivity contribution in [2.75, 3.05) is 0 Å². The Hall–Kier alpha value is -2.87. The Morgan fingerprint density at radius 2 is 1.85 bits per heavy atom. The molecule has 3 aromatic rings. The van der Waals surface area contributed by atoms with E-state index in [1.165, 1.54) is 18.2 Å². The van der Waals surface area contributed by atoms with Gasteiger partial charge in [-0.2, -0.15) is 0 Å². The standard InChI is InChI=1S/C25H28FNO5S/c1-14(2)31-20-9-8-17(25(3,4)5)12-23(20)33(29,30)27-24(28)22-13-18-19(26)10-16(15-6-7-15)11-21(18)32-22/h8-15H,6-7H2,1-5H3,(H,27,28). The summed E-state index contributed by atoms with van der Waals surface area (Å²) in [7, 11) is -4.30. The van der Waals surface area contributed by atoms with E-state index in [9.17, 15) is 17.6 Å². The number of amides is 1. The Bertz CT molecular complexity index is 1330. The molecule has 6 nitrogen and oxygen atoms in total. The zero-order chi connectivity index (χ0) is 24.1. The summed E-state index contributed by atoms with van der Waals surface area (Å²) in [4.78, 5) is 12.7. The molecule has 1 N–H and O–H groups in total. The van der Waals surface area contributed by atoms with E-state index in [0.29, 0.717) is 5.92 Å². The second-order valence-corrected chi connectivity index (χ2v) is 11.5. The van der Waals surface area contributed by atoms with Gasteiger partial charge in [0.25, 0.3) is 10.0 Å². The number of sulfonamides is 1. The first-order valence-electron chi connectivity index (χ1n) is 11.0. The van der Waals surface area contributed by atoms with Gasteiger partial charge in [-0.15, -0.1) is 0 Å². The molecule has 4 rings (SSSR count). The number of hydrogen-bond donors (Lipinski definition) is 1. The summed E-state index contributed by atoms with van der Waals surface area (Å²) < 4.78 is 54.2. The highest BCUT2D eigenvalue weighted by atomic mass is 32.2. The minimum Gasteiger partial charge on any atom is -0.490 e. The predicted octanol–water partition coefficient (Wildman–Crippen LogP) is 5.65. The smallest absolute Gasteiger partial charge is 0.300 e. The molecule has 0 aliphatic heterocycles. The number of furan rings is 1. The third-order valence-electron chi connectivity index (χ3n) is 5.57. The summed E-state index contributed by atoms with van der Waals surface area (Å²) in [6.07, 6.45) is 1.71. The molecule has 1 aromatic heterocycles. The lowest BCUT2D eigenvalue weighted by Crippen LogP contribution is -2.31. The number of fused-ring (bicyclic) bond motifs is 1. The van der Waals surface area contributed by atoms with Crippen molar-refractivity contribution in [3.63, 3.8) is 0 Å². The van der Waals surface area contributed by atoms with Gasteiger partial charge in [0.2, 0.25) is 0 Å². The van der Waals surface area contributed by atoms with E-state index in [2.05, 4.69) is 0 Å². The molecule has 0 radical (unpaired) electrons. The number of nitrogens with one attached hydrogen (secondary N) is 1. The third-order valence-corrected chi connectivity index (χ3v) is 6.92. The van der Waals surface area contributed by atoms with Gasteiger partial charge in [0.05, 0.1) is 11.5 Å². The first-order valence-corrected chi connectivity index (χ1v) is 12.4.